The molecular weight excluding hydrogens is 362 g/mol. The molecule has 3 N–H and O–H groups in total. The highest BCUT2D eigenvalue weighted by atomic mass is 16.1. The minimum Gasteiger partial charge on any atom is -0.375 e. The summed E-state index contributed by atoms with van der Waals surface area (Å²) >= 11 is 0. The molecule has 2 aromatic rings. The average Bonchev–Trinajstić information content (AvgIpc) is 2.76. The fraction of sp³-hybridized carbons (Fsp3) is 0.391. The standard InChI is InChI=1S/C23H33N5O/c1-4-25-23(26-15-9-17-28(3)21-12-6-5-7-13-21)27-16-14-19-10-8-11-20(18-19)22(29)24-2/h5-8,10-13,18H,4,9,14-17H2,1-3H3,(H,24,29)(H2,25,26,27). The van der Waals surface area contributed by atoms with Gasteiger partial charge in [-0.05, 0) is 49.6 Å². The van der Waals surface area contributed by atoms with Gasteiger partial charge in [0.2, 0.25) is 0 Å². The van der Waals surface area contributed by atoms with E-state index in [-0.39, 0.29) is 5.91 Å². The highest BCUT2D eigenvalue weighted by Crippen LogP contribution is 2.10. The molecule has 0 radical (unpaired) electrons. The van der Waals surface area contributed by atoms with Crippen molar-refractivity contribution in [2.45, 2.75) is 19.8 Å². The summed E-state index contributed by atoms with van der Waals surface area (Å²) in [5.74, 6) is 0.771. The topological polar surface area (TPSA) is 68.8 Å². The number of aliphatic imine (C=N–C) groups is 1. The molecule has 0 atom stereocenters. The number of carbonyl (C=O) groups excluding carboxylic acids is 1. The molecule has 1 amide bonds. The summed E-state index contributed by atoms with van der Waals surface area (Å²) in [6, 6.07) is 18.1. The lowest BCUT2D eigenvalue weighted by molar-refractivity contribution is 0.0963. The number of guanidine groups is 1. The number of rotatable bonds is 10. The van der Waals surface area contributed by atoms with Crippen LogP contribution in [0.1, 0.15) is 29.3 Å². The van der Waals surface area contributed by atoms with Crippen molar-refractivity contribution in [3.05, 3.63) is 65.7 Å². The zero-order valence-electron chi connectivity index (χ0n) is 17.7. The molecule has 0 spiro atoms. The highest BCUT2D eigenvalue weighted by molar-refractivity contribution is 5.94. The van der Waals surface area contributed by atoms with E-state index < -0.39 is 0 Å². The van der Waals surface area contributed by atoms with Crippen LogP contribution in [0.15, 0.2) is 59.6 Å². The lowest BCUT2D eigenvalue weighted by Gasteiger charge is -2.18. The Morgan fingerprint density at radius 1 is 1.07 bits per heavy atom. The van der Waals surface area contributed by atoms with Crippen molar-refractivity contribution >= 4 is 17.6 Å². The van der Waals surface area contributed by atoms with Crippen molar-refractivity contribution in [3.8, 4) is 0 Å². The van der Waals surface area contributed by atoms with Crippen LogP contribution in [0, 0.1) is 0 Å². The lowest BCUT2D eigenvalue weighted by Crippen LogP contribution is -2.38. The molecule has 0 unspecified atom stereocenters. The van der Waals surface area contributed by atoms with Gasteiger partial charge in [-0.3, -0.25) is 9.79 Å². The Hall–Kier alpha value is -3.02. The second-order valence-corrected chi connectivity index (χ2v) is 6.83. The summed E-state index contributed by atoms with van der Waals surface area (Å²) in [6.07, 6.45) is 1.81. The number of nitrogens with zero attached hydrogens (tertiary/aromatic N) is 2. The van der Waals surface area contributed by atoms with Crippen molar-refractivity contribution in [3.63, 3.8) is 0 Å². The van der Waals surface area contributed by atoms with Crippen LogP contribution in [0.3, 0.4) is 0 Å². The van der Waals surface area contributed by atoms with Gasteiger partial charge in [-0.1, -0.05) is 30.3 Å². The summed E-state index contributed by atoms with van der Waals surface area (Å²) in [6.45, 7) is 5.36. The summed E-state index contributed by atoms with van der Waals surface area (Å²) in [5, 5.41) is 9.32. The van der Waals surface area contributed by atoms with Gasteiger partial charge in [-0.2, -0.15) is 0 Å². The van der Waals surface area contributed by atoms with Crippen molar-refractivity contribution in [1.29, 1.82) is 0 Å². The van der Waals surface area contributed by atoms with Gasteiger partial charge in [0.25, 0.3) is 5.91 Å². The Balaban J connectivity index is 1.78. The molecule has 0 saturated heterocycles. The van der Waals surface area contributed by atoms with Crippen LogP contribution in [0.25, 0.3) is 0 Å². The van der Waals surface area contributed by atoms with Crippen LogP contribution in [0.4, 0.5) is 5.69 Å². The van der Waals surface area contributed by atoms with Gasteiger partial charge >= 0.3 is 0 Å². The Morgan fingerprint density at radius 2 is 1.86 bits per heavy atom. The predicted molar refractivity (Wildman–Crippen MR) is 122 cm³/mol. The van der Waals surface area contributed by atoms with Crippen molar-refractivity contribution in [2.24, 2.45) is 4.99 Å². The third-order valence-electron chi connectivity index (χ3n) is 4.59. The minimum absolute atomic E-state index is 0.0600. The van der Waals surface area contributed by atoms with Gasteiger partial charge in [-0.15, -0.1) is 0 Å². The molecular formula is C23H33N5O. The zero-order valence-corrected chi connectivity index (χ0v) is 17.7. The van der Waals surface area contributed by atoms with E-state index in [1.54, 1.807) is 7.05 Å². The minimum atomic E-state index is -0.0600. The molecule has 0 aliphatic heterocycles. The summed E-state index contributed by atoms with van der Waals surface area (Å²) in [7, 11) is 3.75. The first-order valence-corrected chi connectivity index (χ1v) is 10.2. The molecule has 0 aliphatic rings. The van der Waals surface area contributed by atoms with Gasteiger partial charge in [0.05, 0.1) is 0 Å². The molecule has 0 aromatic heterocycles. The maximum absolute atomic E-state index is 11.8. The maximum Gasteiger partial charge on any atom is 0.251 e. The summed E-state index contributed by atoms with van der Waals surface area (Å²) in [4.78, 5) is 18.7. The molecule has 0 aliphatic carbocycles. The SMILES string of the molecule is CCNC(=NCCCN(C)c1ccccc1)NCCc1cccc(C(=O)NC)c1. The molecule has 0 heterocycles. The van der Waals surface area contributed by atoms with E-state index in [1.165, 1.54) is 5.69 Å². The van der Waals surface area contributed by atoms with Gasteiger partial charge in [0.1, 0.15) is 0 Å². The summed E-state index contributed by atoms with van der Waals surface area (Å²) in [5.41, 5.74) is 3.03. The van der Waals surface area contributed by atoms with E-state index in [0.717, 1.165) is 50.5 Å². The molecule has 0 fully saturated rings. The Morgan fingerprint density at radius 3 is 2.59 bits per heavy atom. The smallest absolute Gasteiger partial charge is 0.251 e. The lowest BCUT2D eigenvalue weighted by atomic mass is 10.1. The Labute approximate surface area is 174 Å². The van der Waals surface area contributed by atoms with Gasteiger partial charge < -0.3 is 20.9 Å². The number of hydrogen-bond acceptors (Lipinski definition) is 3. The van der Waals surface area contributed by atoms with E-state index in [4.69, 9.17) is 0 Å². The van der Waals surface area contributed by atoms with Crippen LogP contribution in [0.2, 0.25) is 0 Å². The van der Waals surface area contributed by atoms with Crippen LogP contribution >= 0.6 is 0 Å². The number of amides is 1. The predicted octanol–water partition coefficient (Wildman–Crippen LogP) is 2.67. The molecule has 0 saturated carbocycles. The average molecular weight is 396 g/mol. The fourth-order valence-corrected chi connectivity index (χ4v) is 2.99. The Kier molecular flexibility index (Phi) is 9.55. The van der Waals surface area contributed by atoms with Crippen LogP contribution in [0.5, 0.6) is 0 Å². The van der Waals surface area contributed by atoms with Crippen molar-refractivity contribution in [2.75, 3.05) is 45.2 Å². The molecule has 2 aromatic carbocycles. The first-order chi connectivity index (χ1) is 14.1. The van der Waals surface area contributed by atoms with Crippen molar-refractivity contribution < 1.29 is 4.79 Å². The van der Waals surface area contributed by atoms with Crippen molar-refractivity contribution in [1.82, 2.24) is 16.0 Å². The molecule has 156 valence electrons. The van der Waals surface area contributed by atoms with E-state index in [0.29, 0.717) is 5.56 Å². The monoisotopic (exact) mass is 395 g/mol. The first-order valence-electron chi connectivity index (χ1n) is 10.2. The van der Waals surface area contributed by atoms with E-state index in [1.807, 2.05) is 30.3 Å². The van der Waals surface area contributed by atoms with Crippen LogP contribution in [-0.4, -0.2) is 52.1 Å². The third-order valence-corrected chi connectivity index (χ3v) is 4.59. The normalized spacial score (nSPS) is 11.1. The number of anilines is 1. The third kappa shape index (κ3) is 7.86. The molecule has 6 nitrogen and oxygen atoms in total. The zero-order chi connectivity index (χ0) is 20.9. The summed E-state index contributed by atoms with van der Waals surface area (Å²) < 4.78 is 0. The Bertz CT molecular complexity index is 776. The molecule has 2 rings (SSSR count). The number of carbonyl (C=O) groups is 1. The fourth-order valence-electron chi connectivity index (χ4n) is 2.99. The van der Waals surface area contributed by atoms with Gasteiger partial charge in [-0.25, -0.2) is 0 Å². The quantitative estimate of drug-likeness (QED) is 0.329. The second-order valence-electron chi connectivity index (χ2n) is 6.83. The van der Waals surface area contributed by atoms with Crippen LogP contribution in [-0.2, 0) is 6.42 Å². The largest absolute Gasteiger partial charge is 0.375 e. The highest BCUT2D eigenvalue weighted by Gasteiger charge is 2.04. The first kappa shape index (κ1) is 22.3. The van der Waals surface area contributed by atoms with E-state index in [9.17, 15) is 4.79 Å². The van der Waals surface area contributed by atoms with E-state index >= 15 is 0 Å². The van der Waals surface area contributed by atoms with E-state index in [2.05, 4.69) is 64.1 Å². The second kappa shape index (κ2) is 12.4. The number of benzene rings is 2. The molecule has 6 heteroatoms. The van der Waals surface area contributed by atoms with Gasteiger partial charge in [0, 0.05) is 51.5 Å². The molecule has 0 bridgehead atoms. The van der Waals surface area contributed by atoms with Crippen LogP contribution < -0.4 is 20.9 Å². The number of para-hydroxylation sites is 1. The number of hydrogen-bond donors (Lipinski definition) is 3. The maximum atomic E-state index is 11.8. The molecule has 29 heavy (non-hydrogen) atoms. The number of nitrogens with one attached hydrogen (secondary N) is 3. The van der Waals surface area contributed by atoms with Gasteiger partial charge in [0.15, 0.2) is 5.96 Å².